The van der Waals surface area contributed by atoms with E-state index < -0.39 is 0 Å². The number of anilines is 1. The molecule has 0 bridgehead atoms. The maximum atomic E-state index is 12.8. The molecule has 0 radical (unpaired) electrons. The van der Waals surface area contributed by atoms with Crippen LogP contribution in [-0.4, -0.2) is 48.4 Å². The SMILES string of the molecule is O=Cc1c(O)ccc2ccc(N3CCC(C(=O)N4CCCCC4)C3)cc12. The minimum absolute atomic E-state index is 0.00391. The van der Waals surface area contributed by atoms with E-state index in [0.29, 0.717) is 17.8 Å². The molecule has 5 heteroatoms. The molecule has 2 aliphatic heterocycles. The maximum Gasteiger partial charge on any atom is 0.227 e. The summed E-state index contributed by atoms with van der Waals surface area (Å²) in [4.78, 5) is 28.4. The number of phenols is 1. The van der Waals surface area contributed by atoms with Gasteiger partial charge in [-0.2, -0.15) is 0 Å². The first kappa shape index (κ1) is 16.9. The molecule has 26 heavy (non-hydrogen) atoms. The molecule has 2 aliphatic rings. The number of hydrogen-bond donors (Lipinski definition) is 1. The maximum absolute atomic E-state index is 12.8. The molecule has 2 heterocycles. The summed E-state index contributed by atoms with van der Waals surface area (Å²) in [7, 11) is 0. The number of phenolic OH excluding ortho intramolecular Hbond substituents is 1. The van der Waals surface area contributed by atoms with E-state index in [2.05, 4.69) is 4.90 Å². The first-order chi connectivity index (χ1) is 12.7. The highest BCUT2D eigenvalue weighted by Crippen LogP contribution is 2.32. The molecule has 2 fully saturated rings. The highest BCUT2D eigenvalue weighted by molar-refractivity contribution is 6.02. The summed E-state index contributed by atoms with van der Waals surface area (Å²) in [5, 5.41) is 11.6. The number of carbonyl (C=O) groups excluding carboxylic acids is 2. The van der Waals surface area contributed by atoms with E-state index >= 15 is 0 Å². The van der Waals surface area contributed by atoms with Crippen LogP contribution >= 0.6 is 0 Å². The second-order valence-electron chi connectivity index (χ2n) is 7.34. The number of benzene rings is 2. The Morgan fingerprint density at radius 2 is 1.85 bits per heavy atom. The number of fused-ring (bicyclic) bond motifs is 1. The zero-order valence-electron chi connectivity index (χ0n) is 14.9. The van der Waals surface area contributed by atoms with Crippen molar-refractivity contribution in [3.8, 4) is 5.75 Å². The van der Waals surface area contributed by atoms with Gasteiger partial charge in [-0.25, -0.2) is 0 Å². The van der Waals surface area contributed by atoms with Gasteiger partial charge in [-0.05, 0) is 54.7 Å². The predicted molar refractivity (Wildman–Crippen MR) is 102 cm³/mol. The second-order valence-corrected chi connectivity index (χ2v) is 7.34. The summed E-state index contributed by atoms with van der Waals surface area (Å²) in [5.74, 6) is 0.349. The third kappa shape index (κ3) is 3.02. The fourth-order valence-electron chi connectivity index (χ4n) is 4.21. The van der Waals surface area contributed by atoms with Crippen molar-refractivity contribution in [2.24, 2.45) is 5.92 Å². The molecular formula is C21H24N2O3. The van der Waals surface area contributed by atoms with Crippen LogP contribution in [0.1, 0.15) is 36.0 Å². The fourth-order valence-corrected chi connectivity index (χ4v) is 4.21. The Morgan fingerprint density at radius 3 is 2.62 bits per heavy atom. The predicted octanol–water partition coefficient (Wildman–Crippen LogP) is 3.20. The van der Waals surface area contributed by atoms with Crippen molar-refractivity contribution < 1.29 is 14.7 Å². The highest BCUT2D eigenvalue weighted by Gasteiger charge is 2.32. The van der Waals surface area contributed by atoms with E-state index in [1.165, 1.54) is 6.42 Å². The fraction of sp³-hybridized carbons (Fsp3) is 0.429. The van der Waals surface area contributed by atoms with Crippen molar-refractivity contribution in [2.45, 2.75) is 25.7 Å². The van der Waals surface area contributed by atoms with Crippen molar-refractivity contribution in [2.75, 3.05) is 31.1 Å². The van der Waals surface area contributed by atoms with Gasteiger partial charge in [-0.15, -0.1) is 0 Å². The van der Waals surface area contributed by atoms with E-state index in [9.17, 15) is 14.7 Å². The normalized spacial score (nSPS) is 20.5. The van der Waals surface area contributed by atoms with E-state index in [-0.39, 0.29) is 11.7 Å². The van der Waals surface area contributed by atoms with E-state index in [1.807, 2.05) is 29.2 Å². The Balaban J connectivity index is 1.55. The number of nitrogens with zero attached hydrogens (tertiary/aromatic N) is 2. The van der Waals surface area contributed by atoms with Crippen molar-refractivity contribution in [1.29, 1.82) is 0 Å². The standard InChI is InChI=1S/C21H24N2O3/c24-14-19-18-12-17(6-4-15(18)5-7-20(19)25)23-11-8-16(13-23)21(26)22-9-2-1-3-10-22/h4-7,12,14,16,25H,1-3,8-11,13H2. The molecule has 0 aliphatic carbocycles. The van der Waals surface area contributed by atoms with Gasteiger partial charge in [-0.3, -0.25) is 9.59 Å². The lowest BCUT2D eigenvalue weighted by Gasteiger charge is -2.29. The van der Waals surface area contributed by atoms with Gasteiger partial charge >= 0.3 is 0 Å². The van der Waals surface area contributed by atoms with Crippen LogP contribution in [0.15, 0.2) is 30.3 Å². The Kier molecular flexibility index (Phi) is 4.53. The zero-order chi connectivity index (χ0) is 18.1. The van der Waals surface area contributed by atoms with Crippen LogP contribution in [0.3, 0.4) is 0 Å². The van der Waals surface area contributed by atoms with E-state index in [0.717, 1.165) is 61.9 Å². The minimum atomic E-state index is 0.00391. The van der Waals surface area contributed by atoms with Gasteiger partial charge in [0.25, 0.3) is 0 Å². The lowest BCUT2D eigenvalue weighted by Crippen LogP contribution is -2.40. The van der Waals surface area contributed by atoms with Crippen LogP contribution in [0.5, 0.6) is 5.75 Å². The number of aldehydes is 1. The Hall–Kier alpha value is -2.56. The average Bonchev–Trinajstić information content (AvgIpc) is 3.18. The lowest BCUT2D eigenvalue weighted by atomic mass is 10.0. The molecule has 1 unspecified atom stereocenters. The van der Waals surface area contributed by atoms with Crippen molar-refractivity contribution in [1.82, 2.24) is 4.90 Å². The molecule has 0 aromatic heterocycles. The van der Waals surface area contributed by atoms with Crippen LogP contribution in [0.2, 0.25) is 0 Å². The number of piperidine rings is 1. The molecular weight excluding hydrogens is 328 g/mol. The Morgan fingerprint density at radius 1 is 1.08 bits per heavy atom. The summed E-state index contributed by atoms with van der Waals surface area (Å²) in [6.07, 6.45) is 5.03. The van der Waals surface area contributed by atoms with Gasteiger partial charge in [-0.1, -0.05) is 12.1 Å². The quantitative estimate of drug-likeness (QED) is 0.862. The number of hydrogen-bond acceptors (Lipinski definition) is 4. The summed E-state index contributed by atoms with van der Waals surface area (Å²) in [5.41, 5.74) is 1.32. The van der Waals surface area contributed by atoms with Crippen LogP contribution < -0.4 is 4.90 Å². The molecule has 2 saturated heterocycles. The monoisotopic (exact) mass is 352 g/mol. The van der Waals surface area contributed by atoms with Crippen LogP contribution in [0.4, 0.5) is 5.69 Å². The smallest absolute Gasteiger partial charge is 0.227 e. The van der Waals surface area contributed by atoms with Crippen LogP contribution in [0, 0.1) is 5.92 Å². The van der Waals surface area contributed by atoms with Crippen LogP contribution in [-0.2, 0) is 4.79 Å². The largest absolute Gasteiger partial charge is 0.507 e. The molecule has 1 amide bonds. The van der Waals surface area contributed by atoms with Gasteiger partial charge in [0, 0.05) is 31.9 Å². The summed E-state index contributed by atoms with van der Waals surface area (Å²) in [6.45, 7) is 3.35. The molecule has 5 nitrogen and oxygen atoms in total. The number of likely N-dealkylation sites (tertiary alicyclic amines) is 1. The molecule has 0 spiro atoms. The number of amides is 1. The molecule has 2 aromatic rings. The Labute approximate surface area is 153 Å². The number of carbonyl (C=O) groups is 2. The molecule has 4 rings (SSSR count). The molecule has 136 valence electrons. The van der Waals surface area contributed by atoms with Crippen molar-refractivity contribution in [3.05, 3.63) is 35.9 Å². The number of rotatable bonds is 3. The van der Waals surface area contributed by atoms with Gasteiger partial charge < -0.3 is 14.9 Å². The topological polar surface area (TPSA) is 60.9 Å². The first-order valence-electron chi connectivity index (χ1n) is 9.42. The first-order valence-corrected chi connectivity index (χ1v) is 9.42. The van der Waals surface area contributed by atoms with Crippen molar-refractivity contribution >= 4 is 28.7 Å². The lowest BCUT2D eigenvalue weighted by molar-refractivity contribution is -0.135. The van der Waals surface area contributed by atoms with E-state index in [1.54, 1.807) is 6.07 Å². The summed E-state index contributed by atoms with van der Waals surface area (Å²) < 4.78 is 0. The van der Waals surface area contributed by atoms with Gasteiger partial charge in [0.05, 0.1) is 11.5 Å². The van der Waals surface area contributed by atoms with Crippen LogP contribution in [0.25, 0.3) is 10.8 Å². The van der Waals surface area contributed by atoms with Crippen molar-refractivity contribution in [3.63, 3.8) is 0 Å². The number of aromatic hydroxyl groups is 1. The minimum Gasteiger partial charge on any atom is -0.507 e. The molecule has 0 saturated carbocycles. The Bertz CT molecular complexity index is 843. The van der Waals surface area contributed by atoms with Gasteiger partial charge in [0.1, 0.15) is 5.75 Å². The van der Waals surface area contributed by atoms with Gasteiger partial charge in [0.15, 0.2) is 6.29 Å². The summed E-state index contributed by atoms with van der Waals surface area (Å²) >= 11 is 0. The second kappa shape index (κ2) is 6.98. The zero-order valence-corrected chi connectivity index (χ0v) is 14.9. The molecule has 1 atom stereocenters. The third-order valence-electron chi connectivity index (χ3n) is 5.71. The van der Waals surface area contributed by atoms with E-state index in [4.69, 9.17) is 0 Å². The third-order valence-corrected chi connectivity index (χ3v) is 5.71. The molecule has 2 aromatic carbocycles. The summed E-state index contributed by atoms with van der Waals surface area (Å²) in [6, 6.07) is 9.31. The molecule has 1 N–H and O–H groups in total. The van der Waals surface area contributed by atoms with Gasteiger partial charge in [0.2, 0.25) is 5.91 Å². The average molecular weight is 352 g/mol. The highest BCUT2D eigenvalue weighted by atomic mass is 16.3.